The van der Waals surface area contributed by atoms with Crippen molar-refractivity contribution >= 4 is 41.5 Å². The summed E-state index contributed by atoms with van der Waals surface area (Å²) in [5.74, 6) is 0.921. The summed E-state index contributed by atoms with van der Waals surface area (Å²) in [6, 6.07) is 3.98. The SMILES string of the molecule is I.NC(=NCCOc1ncccc1Cl)NC1CCCC1. The lowest BCUT2D eigenvalue weighted by atomic mass is 10.2. The van der Waals surface area contributed by atoms with Gasteiger partial charge in [0.15, 0.2) is 5.96 Å². The molecule has 1 heterocycles. The summed E-state index contributed by atoms with van der Waals surface area (Å²) < 4.78 is 5.42. The van der Waals surface area contributed by atoms with Gasteiger partial charge in [-0.1, -0.05) is 24.4 Å². The zero-order valence-corrected chi connectivity index (χ0v) is 14.3. The number of nitrogens with two attached hydrogens (primary N) is 1. The molecule has 0 amide bonds. The summed E-state index contributed by atoms with van der Waals surface area (Å²) in [5, 5.41) is 3.72. The second-order valence-electron chi connectivity index (χ2n) is 4.53. The molecular formula is C13H20ClIN4O. The zero-order chi connectivity index (χ0) is 13.5. The number of nitrogens with one attached hydrogen (secondary N) is 1. The molecule has 2 rings (SSSR count). The maximum atomic E-state index is 5.92. The summed E-state index contributed by atoms with van der Waals surface area (Å²) in [6.45, 7) is 0.891. The second-order valence-corrected chi connectivity index (χ2v) is 4.94. The van der Waals surface area contributed by atoms with Crippen molar-refractivity contribution in [3.05, 3.63) is 23.4 Å². The quantitative estimate of drug-likeness (QED) is 0.339. The van der Waals surface area contributed by atoms with Crippen molar-refractivity contribution in [2.45, 2.75) is 31.7 Å². The Bertz CT molecular complexity index is 438. The Morgan fingerprint density at radius 3 is 2.95 bits per heavy atom. The predicted octanol–water partition coefficient (Wildman–Crippen LogP) is 2.58. The highest BCUT2D eigenvalue weighted by Gasteiger charge is 2.14. The van der Waals surface area contributed by atoms with Crippen molar-refractivity contribution in [3.8, 4) is 5.88 Å². The molecule has 112 valence electrons. The molecule has 1 aromatic heterocycles. The summed E-state index contributed by atoms with van der Waals surface area (Å²) in [4.78, 5) is 8.25. The van der Waals surface area contributed by atoms with Gasteiger partial charge in [-0.25, -0.2) is 9.98 Å². The van der Waals surface area contributed by atoms with E-state index in [1.165, 1.54) is 25.7 Å². The third-order valence-electron chi connectivity index (χ3n) is 3.04. The third-order valence-corrected chi connectivity index (χ3v) is 3.33. The Morgan fingerprint density at radius 1 is 1.50 bits per heavy atom. The van der Waals surface area contributed by atoms with E-state index < -0.39 is 0 Å². The molecule has 1 aromatic rings. The Hall–Kier alpha value is -0.760. The van der Waals surface area contributed by atoms with Crippen LogP contribution in [0.2, 0.25) is 5.02 Å². The maximum absolute atomic E-state index is 5.92. The second kappa shape index (κ2) is 9.23. The van der Waals surface area contributed by atoms with Crippen LogP contribution in [0, 0.1) is 0 Å². The molecule has 0 aromatic carbocycles. The van der Waals surface area contributed by atoms with Gasteiger partial charge in [-0.2, -0.15) is 0 Å². The van der Waals surface area contributed by atoms with Crippen molar-refractivity contribution in [1.82, 2.24) is 10.3 Å². The molecule has 1 saturated carbocycles. The fourth-order valence-corrected chi connectivity index (χ4v) is 2.29. The highest BCUT2D eigenvalue weighted by molar-refractivity contribution is 14.0. The Balaban J connectivity index is 0.00000200. The van der Waals surface area contributed by atoms with E-state index in [0.717, 1.165) is 0 Å². The largest absolute Gasteiger partial charge is 0.475 e. The number of hydrogen-bond donors (Lipinski definition) is 2. The number of nitrogens with zero attached hydrogens (tertiary/aromatic N) is 2. The zero-order valence-electron chi connectivity index (χ0n) is 11.2. The highest BCUT2D eigenvalue weighted by atomic mass is 127. The van der Waals surface area contributed by atoms with E-state index >= 15 is 0 Å². The van der Waals surface area contributed by atoms with Gasteiger partial charge in [0.2, 0.25) is 5.88 Å². The van der Waals surface area contributed by atoms with E-state index in [1.54, 1.807) is 18.3 Å². The van der Waals surface area contributed by atoms with Crippen LogP contribution >= 0.6 is 35.6 Å². The Kier molecular flexibility index (Phi) is 7.98. The van der Waals surface area contributed by atoms with E-state index in [4.69, 9.17) is 22.1 Å². The van der Waals surface area contributed by atoms with Gasteiger partial charge in [0.05, 0.1) is 6.54 Å². The van der Waals surface area contributed by atoms with Crippen LogP contribution in [0.15, 0.2) is 23.3 Å². The first kappa shape index (κ1) is 17.3. The molecule has 0 atom stereocenters. The number of rotatable bonds is 5. The first-order valence-corrected chi connectivity index (χ1v) is 6.93. The first-order chi connectivity index (χ1) is 9.25. The lowest BCUT2D eigenvalue weighted by Crippen LogP contribution is -2.38. The van der Waals surface area contributed by atoms with Crippen molar-refractivity contribution in [3.63, 3.8) is 0 Å². The van der Waals surface area contributed by atoms with Crippen LogP contribution in [-0.2, 0) is 0 Å². The molecule has 0 unspecified atom stereocenters. The van der Waals surface area contributed by atoms with Crippen LogP contribution in [0.1, 0.15) is 25.7 Å². The lowest BCUT2D eigenvalue weighted by Gasteiger charge is -2.12. The van der Waals surface area contributed by atoms with Crippen LogP contribution in [0.4, 0.5) is 0 Å². The minimum absolute atomic E-state index is 0. The van der Waals surface area contributed by atoms with E-state index in [0.29, 0.717) is 36.1 Å². The molecule has 1 fully saturated rings. The third kappa shape index (κ3) is 5.70. The molecule has 3 N–H and O–H groups in total. The van der Waals surface area contributed by atoms with Gasteiger partial charge in [-0.3, -0.25) is 0 Å². The van der Waals surface area contributed by atoms with Crippen molar-refractivity contribution in [1.29, 1.82) is 0 Å². The van der Waals surface area contributed by atoms with E-state index in [2.05, 4.69) is 15.3 Å². The normalized spacial score (nSPS) is 15.8. The van der Waals surface area contributed by atoms with Gasteiger partial charge < -0.3 is 15.8 Å². The molecule has 0 saturated heterocycles. The summed E-state index contributed by atoms with van der Waals surface area (Å²) in [6.07, 6.45) is 6.53. The molecule has 0 radical (unpaired) electrons. The standard InChI is InChI=1S/C13H19ClN4O.HI/c14-11-6-3-7-16-12(11)19-9-8-17-13(15)18-10-4-1-2-5-10;/h3,6-7,10H,1-2,4-5,8-9H2,(H3,15,17,18);1H. The highest BCUT2D eigenvalue weighted by Crippen LogP contribution is 2.19. The minimum Gasteiger partial charge on any atom is -0.475 e. The van der Waals surface area contributed by atoms with Gasteiger partial charge >= 0.3 is 0 Å². The number of guanidine groups is 1. The summed E-state index contributed by atoms with van der Waals surface area (Å²) in [5.41, 5.74) is 5.80. The molecular weight excluding hydrogens is 391 g/mol. The Labute approximate surface area is 141 Å². The average Bonchev–Trinajstić information content (AvgIpc) is 2.89. The van der Waals surface area contributed by atoms with Crippen LogP contribution in [0.25, 0.3) is 0 Å². The topological polar surface area (TPSA) is 72.5 Å². The van der Waals surface area contributed by atoms with Crippen molar-refractivity contribution < 1.29 is 4.74 Å². The molecule has 5 nitrogen and oxygen atoms in total. The molecule has 1 aliphatic carbocycles. The number of aromatic nitrogens is 1. The molecule has 20 heavy (non-hydrogen) atoms. The van der Waals surface area contributed by atoms with Crippen LogP contribution in [0.5, 0.6) is 5.88 Å². The summed E-state index contributed by atoms with van der Waals surface area (Å²) >= 11 is 5.92. The smallest absolute Gasteiger partial charge is 0.232 e. The molecule has 0 bridgehead atoms. The van der Waals surface area contributed by atoms with Crippen LogP contribution in [0.3, 0.4) is 0 Å². The lowest BCUT2D eigenvalue weighted by molar-refractivity contribution is 0.316. The fourth-order valence-electron chi connectivity index (χ4n) is 2.11. The van der Waals surface area contributed by atoms with Crippen LogP contribution in [-0.4, -0.2) is 30.1 Å². The van der Waals surface area contributed by atoms with E-state index in [9.17, 15) is 0 Å². The molecule has 7 heteroatoms. The number of pyridine rings is 1. The van der Waals surface area contributed by atoms with Gasteiger partial charge in [0.1, 0.15) is 11.6 Å². The first-order valence-electron chi connectivity index (χ1n) is 6.55. The van der Waals surface area contributed by atoms with Gasteiger partial charge in [-0.05, 0) is 25.0 Å². The van der Waals surface area contributed by atoms with Crippen LogP contribution < -0.4 is 15.8 Å². The van der Waals surface area contributed by atoms with Crippen molar-refractivity contribution in [2.24, 2.45) is 10.7 Å². The van der Waals surface area contributed by atoms with Gasteiger partial charge in [0, 0.05) is 12.2 Å². The fraction of sp³-hybridized carbons (Fsp3) is 0.538. The number of halogens is 2. The average molecular weight is 411 g/mol. The van der Waals surface area contributed by atoms with E-state index in [-0.39, 0.29) is 24.0 Å². The molecule has 0 spiro atoms. The maximum Gasteiger partial charge on any atom is 0.232 e. The molecule has 1 aliphatic rings. The van der Waals surface area contributed by atoms with E-state index in [1.807, 2.05) is 0 Å². The molecule has 0 aliphatic heterocycles. The predicted molar refractivity (Wildman–Crippen MR) is 92.0 cm³/mol. The van der Waals surface area contributed by atoms with Crippen molar-refractivity contribution in [2.75, 3.05) is 13.2 Å². The summed E-state index contributed by atoms with van der Waals surface area (Å²) in [7, 11) is 0. The number of hydrogen-bond acceptors (Lipinski definition) is 3. The monoisotopic (exact) mass is 410 g/mol. The number of aliphatic imine (C=N–C) groups is 1. The number of ether oxygens (including phenoxy) is 1. The van der Waals surface area contributed by atoms with Gasteiger partial charge in [0.25, 0.3) is 0 Å². The Morgan fingerprint density at radius 2 is 2.25 bits per heavy atom. The van der Waals surface area contributed by atoms with Gasteiger partial charge in [-0.15, -0.1) is 24.0 Å². The minimum atomic E-state index is 0.